The molecule has 1 heterocycles. The molecule has 0 saturated heterocycles. The second-order valence-corrected chi connectivity index (χ2v) is 4.80. The van der Waals surface area contributed by atoms with Crippen LogP contribution in [0.5, 0.6) is 5.88 Å². The van der Waals surface area contributed by atoms with Crippen molar-refractivity contribution in [2.24, 2.45) is 0 Å². The zero-order chi connectivity index (χ0) is 15.2. The van der Waals surface area contributed by atoms with Gasteiger partial charge in [-0.15, -0.1) is 0 Å². The van der Waals surface area contributed by atoms with Gasteiger partial charge in [-0.3, -0.25) is 0 Å². The van der Waals surface area contributed by atoms with E-state index in [4.69, 9.17) is 22.1 Å². The number of nitrogen functional groups attached to an aromatic ring is 1. The minimum Gasteiger partial charge on any atom is -0.476 e. The van der Waals surface area contributed by atoms with Crippen LogP contribution in [0.15, 0.2) is 24.5 Å². The average Bonchev–Trinajstić information content (AvgIpc) is 2.48. The Morgan fingerprint density at radius 3 is 2.90 bits per heavy atom. The third-order valence-electron chi connectivity index (χ3n) is 2.73. The predicted molar refractivity (Wildman–Crippen MR) is 81.0 cm³/mol. The molecule has 0 radical (unpaired) electrons. The molecule has 1 aromatic carbocycles. The molecule has 0 aliphatic carbocycles. The standard InChI is InChI=1S/C14H16ClFN4O/c1-2-5-21-14-12(17)13(19-8-20-14)18-7-9-3-4-11(16)10(15)6-9/h3-4,6,8H,2,5,7,17H2,1H3,(H,18,19,20). The predicted octanol–water partition coefficient (Wildman–Crippen LogP) is 3.25. The second kappa shape index (κ2) is 7.08. The topological polar surface area (TPSA) is 73.1 Å². The van der Waals surface area contributed by atoms with Gasteiger partial charge in [0.15, 0.2) is 5.82 Å². The van der Waals surface area contributed by atoms with Crippen molar-refractivity contribution < 1.29 is 9.13 Å². The zero-order valence-electron chi connectivity index (χ0n) is 11.6. The molecular formula is C14H16ClFN4O. The monoisotopic (exact) mass is 310 g/mol. The molecule has 3 N–H and O–H groups in total. The number of halogens is 2. The van der Waals surface area contributed by atoms with Gasteiger partial charge in [-0.1, -0.05) is 24.6 Å². The van der Waals surface area contributed by atoms with Gasteiger partial charge in [0.1, 0.15) is 17.8 Å². The van der Waals surface area contributed by atoms with E-state index in [1.807, 2.05) is 6.92 Å². The summed E-state index contributed by atoms with van der Waals surface area (Å²) in [6, 6.07) is 4.51. The lowest BCUT2D eigenvalue weighted by atomic mass is 10.2. The molecule has 0 bridgehead atoms. The Bertz CT molecular complexity index is 624. The molecule has 21 heavy (non-hydrogen) atoms. The van der Waals surface area contributed by atoms with Gasteiger partial charge in [-0.05, 0) is 24.1 Å². The normalized spacial score (nSPS) is 10.4. The molecule has 0 amide bonds. The Labute approximate surface area is 127 Å². The van der Waals surface area contributed by atoms with Crippen LogP contribution in [-0.4, -0.2) is 16.6 Å². The fourth-order valence-corrected chi connectivity index (χ4v) is 1.87. The van der Waals surface area contributed by atoms with Gasteiger partial charge >= 0.3 is 0 Å². The van der Waals surface area contributed by atoms with E-state index in [1.165, 1.54) is 12.4 Å². The Hall–Kier alpha value is -2.08. The number of nitrogens with two attached hydrogens (primary N) is 1. The number of hydrogen-bond donors (Lipinski definition) is 2. The Morgan fingerprint density at radius 2 is 2.19 bits per heavy atom. The molecule has 7 heteroatoms. The quantitative estimate of drug-likeness (QED) is 0.857. The van der Waals surface area contributed by atoms with Crippen molar-refractivity contribution >= 4 is 23.1 Å². The second-order valence-electron chi connectivity index (χ2n) is 4.39. The summed E-state index contributed by atoms with van der Waals surface area (Å²) in [4.78, 5) is 8.06. The summed E-state index contributed by atoms with van der Waals surface area (Å²) in [5.74, 6) is 0.375. The first kappa shape index (κ1) is 15.3. The highest BCUT2D eigenvalue weighted by Crippen LogP contribution is 2.25. The van der Waals surface area contributed by atoms with Crippen LogP contribution in [0.1, 0.15) is 18.9 Å². The number of hydrogen-bond acceptors (Lipinski definition) is 5. The molecule has 0 atom stereocenters. The van der Waals surface area contributed by atoms with Crippen LogP contribution < -0.4 is 15.8 Å². The lowest BCUT2D eigenvalue weighted by Crippen LogP contribution is -2.08. The van der Waals surface area contributed by atoms with Gasteiger partial charge in [0, 0.05) is 6.54 Å². The van der Waals surface area contributed by atoms with Crippen molar-refractivity contribution in [2.45, 2.75) is 19.9 Å². The van der Waals surface area contributed by atoms with Crippen LogP contribution in [-0.2, 0) is 6.54 Å². The Balaban J connectivity index is 2.07. The van der Waals surface area contributed by atoms with Crippen molar-refractivity contribution in [3.63, 3.8) is 0 Å². The number of benzene rings is 1. The summed E-state index contributed by atoms with van der Waals surface area (Å²) in [6.07, 6.45) is 2.24. The molecule has 0 unspecified atom stereocenters. The van der Waals surface area contributed by atoms with Gasteiger partial charge in [-0.25, -0.2) is 9.37 Å². The van der Waals surface area contributed by atoms with Gasteiger partial charge < -0.3 is 15.8 Å². The van der Waals surface area contributed by atoms with Crippen molar-refractivity contribution in [3.8, 4) is 5.88 Å². The third kappa shape index (κ3) is 3.95. The van der Waals surface area contributed by atoms with Crippen molar-refractivity contribution in [2.75, 3.05) is 17.7 Å². The highest BCUT2D eigenvalue weighted by atomic mass is 35.5. The van der Waals surface area contributed by atoms with E-state index in [2.05, 4.69) is 15.3 Å². The molecule has 1 aromatic heterocycles. The third-order valence-corrected chi connectivity index (χ3v) is 3.02. The highest BCUT2D eigenvalue weighted by molar-refractivity contribution is 6.30. The van der Waals surface area contributed by atoms with Crippen LogP contribution in [0.3, 0.4) is 0 Å². The number of anilines is 2. The molecule has 0 aliphatic heterocycles. The van der Waals surface area contributed by atoms with Crippen molar-refractivity contribution in [1.29, 1.82) is 0 Å². The fraction of sp³-hybridized carbons (Fsp3) is 0.286. The van der Waals surface area contributed by atoms with E-state index >= 15 is 0 Å². The molecular weight excluding hydrogens is 295 g/mol. The molecule has 2 aromatic rings. The van der Waals surface area contributed by atoms with E-state index in [0.717, 1.165) is 12.0 Å². The Morgan fingerprint density at radius 1 is 1.38 bits per heavy atom. The van der Waals surface area contributed by atoms with E-state index < -0.39 is 5.82 Å². The zero-order valence-corrected chi connectivity index (χ0v) is 12.3. The van der Waals surface area contributed by atoms with E-state index in [9.17, 15) is 4.39 Å². The minimum atomic E-state index is -0.447. The maximum absolute atomic E-state index is 13.1. The SMILES string of the molecule is CCCOc1ncnc(NCc2ccc(F)c(Cl)c2)c1N. The average molecular weight is 311 g/mol. The maximum atomic E-state index is 13.1. The summed E-state index contributed by atoms with van der Waals surface area (Å²) in [6.45, 7) is 2.94. The smallest absolute Gasteiger partial charge is 0.242 e. The summed E-state index contributed by atoms with van der Waals surface area (Å²) in [5, 5.41) is 3.14. The van der Waals surface area contributed by atoms with E-state index in [1.54, 1.807) is 12.1 Å². The van der Waals surface area contributed by atoms with Gasteiger partial charge in [0.2, 0.25) is 5.88 Å². The van der Waals surface area contributed by atoms with Gasteiger partial charge in [-0.2, -0.15) is 4.98 Å². The number of rotatable bonds is 6. The van der Waals surface area contributed by atoms with Gasteiger partial charge in [0.25, 0.3) is 0 Å². The number of nitrogens with one attached hydrogen (secondary N) is 1. The number of ether oxygens (including phenoxy) is 1. The number of aromatic nitrogens is 2. The molecule has 0 spiro atoms. The molecule has 112 valence electrons. The fourth-order valence-electron chi connectivity index (χ4n) is 1.67. The molecule has 0 fully saturated rings. The lowest BCUT2D eigenvalue weighted by Gasteiger charge is -2.11. The molecule has 5 nitrogen and oxygen atoms in total. The summed E-state index contributed by atoms with van der Waals surface area (Å²) >= 11 is 5.74. The van der Waals surface area contributed by atoms with Gasteiger partial charge in [0.05, 0.1) is 11.6 Å². The largest absolute Gasteiger partial charge is 0.476 e. The lowest BCUT2D eigenvalue weighted by molar-refractivity contribution is 0.306. The molecule has 2 rings (SSSR count). The summed E-state index contributed by atoms with van der Waals surface area (Å²) in [5.41, 5.74) is 7.11. The first-order chi connectivity index (χ1) is 10.1. The van der Waals surface area contributed by atoms with Crippen LogP contribution in [0.25, 0.3) is 0 Å². The summed E-state index contributed by atoms with van der Waals surface area (Å²) < 4.78 is 18.5. The first-order valence-electron chi connectivity index (χ1n) is 6.53. The van der Waals surface area contributed by atoms with Crippen LogP contribution >= 0.6 is 11.6 Å². The highest BCUT2D eigenvalue weighted by Gasteiger charge is 2.09. The van der Waals surface area contributed by atoms with Crippen molar-refractivity contribution in [3.05, 3.63) is 40.9 Å². The van der Waals surface area contributed by atoms with Crippen molar-refractivity contribution in [1.82, 2.24) is 9.97 Å². The molecule has 0 saturated carbocycles. The Kier molecular flexibility index (Phi) is 5.16. The molecule has 0 aliphatic rings. The first-order valence-corrected chi connectivity index (χ1v) is 6.90. The minimum absolute atomic E-state index is 0.0805. The maximum Gasteiger partial charge on any atom is 0.242 e. The summed E-state index contributed by atoms with van der Waals surface area (Å²) in [7, 11) is 0. The van der Waals surface area contributed by atoms with E-state index in [-0.39, 0.29) is 5.02 Å². The van der Waals surface area contributed by atoms with E-state index in [0.29, 0.717) is 30.5 Å². The number of nitrogens with zero attached hydrogens (tertiary/aromatic N) is 2. The van der Waals surface area contributed by atoms with Crippen LogP contribution in [0, 0.1) is 5.82 Å². The van der Waals surface area contributed by atoms with Crippen LogP contribution in [0.2, 0.25) is 5.02 Å². The van der Waals surface area contributed by atoms with Crippen LogP contribution in [0.4, 0.5) is 15.9 Å².